The van der Waals surface area contributed by atoms with E-state index in [2.05, 4.69) is 15.6 Å². The molecule has 0 saturated heterocycles. The normalized spacial score (nSPS) is 10.4. The number of halogens is 1. The number of hydrogen-bond acceptors (Lipinski definition) is 3. The fourth-order valence-electron chi connectivity index (χ4n) is 0.834. The second-order valence-electron chi connectivity index (χ2n) is 2.65. The maximum atomic E-state index is 7.04. The van der Waals surface area contributed by atoms with Crippen molar-refractivity contribution in [2.45, 2.75) is 13.3 Å². The molecule has 7 heteroatoms. The smallest absolute Gasteiger partial charge is 0.198 e. The average Bonchev–Trinajstić information content (AvgIpc) is 2.12. The summed E-state index contributed by atoms with van der Waals surface area (Å²) >= 11 is 0. The number of nitrogens with two attached hydrogens (primary N) is 1. The predicted molar refractivity (Wildman–Crippen MR) is 64.8 cm³/mol. The van der Waals surface area contributed by atoms with E-state index >= 15 is 0 Å². The summed E-state index contributed by atoms with van der Waals surface area (Å²) in [6.07, 6.45) is 0.852. The summed E-state index contributed by atoms with van der Waals surface area (Å²) in [5, 5.41) is 12.6. The maximum absolute atomic E-state index is 7.04. The van der Waals surface area contributed by atoms with E-state index in [1.165, 1.54) is 0 Å². The molecule has 0 amide bonds. The third-order valence-electron chi connectivity index (χ3n) is 1.37. The fraction of sp³-hybridized carbons (Fsp3) is 0.750. The van der Waals surface area contributed by atoms with Crippen LogP contribution in [-0.2, 0) is 4.74 Å². The van der Waals surface area contributed by atoms with Crippen LogP contribution in [0, 0.1) is 5.41 Å². The van der Waals surface area contributed by atoms with Gasteiger partial charge >= 0.3 is 0 Å². The standard InChI is InChI=1S/C8H19N5O.ClH/c1-3-11-8(13-7(9)10)12-5-4-6-14-2;/h3-6H2,1-2H3,(H5,9,10,11,12,13);1H. The molecule has 6 nitrogen and oxygen atoms in total. The van der Waals surface area contributed by atoms with E-state index in [-0.39, 0.29) is 18.4 Å². The Labute approximate surface area is 96.6 Å². The third kappa shape index (κ3) is 10.9. The molecule has 0 rings (SSSR count). The van der Waals surface area contributed by atoms with E-state index in [4.69, 9.17) is 15.9 Å². The first kappa shape index (κ1) is 16.4. The summed E-state index contributed by atoms with van der Waals surface area (Å²) < 4.78 is 4.89. The van der Waals surface area contributed by atoms with Crippen LogP contribution >= 0.6 is 12.4 Å². The van der Waals surface area contributed by atoms with Gasteiger partial charge in [0.05, 0.1) is 0 Å². The Bertz CT molecular complexity index is 197. The molecule has 0 saturated carbocycles. The molecule has 5 N–H and O–H groups in total. The maximum Gasteiger partial charge on any atom is 0.198 e. The molecular weight excluding hydrogens is 218 g/mol. The van der Waals surface area contributed by atoms with Crippen molar-refractivity contribution in [3.05, 3.63) is 0 Å². The molecular formula is C8H20ClN5O. The first-order valence-electron chi connectivity index (χ1n) is 4.59. The molecule has 0 aliphatic heterocycles. The second kappa shape index (κ2) is 11.1. The highest BCUT2D eigenvalue weighted by atomic mass is 35.5. The number of hydrogen-bond donors (Lipinski definition) is 4. The lowest BCUT2D eigenvalue weighted by molar-refractivity contribution is 0.197. The molecule has 0 bridgehead atoms. The van der Waals surface area contributed by atoms with Gasteiger partial charge in [0.15, 0.2) is 11.9 Å². The molecule has 0 atom stereocenters. The van der Waals surface area contributed by atoms with Crippen molar-refractivity contribution in [2.75, 3.05) is 26.8 Å². The van der Waals surface area contributed by atoms with Gasteiger partial charge in [-0.2, -0.15) is 0 Å². The van der Waals surface area contributed by atoms with Crippen LogP contribution in [0.1, 0.15) is 13.3 Å². The highest BCUT2D eigenvalue weighted by Crippen LogP contribution is 1.82. The van der Waals surface area contributed by atoms with E-state index in [1.54, 1.807) is 7.11 Å². The van der Waals surface area contributed by atoms with Crippen molar-refractivity contribution < 1.29 is 4.74 Å². The van der Waals surface area contributed by atoms with Gasteiger partial charge in [-0.15, -0.1) is 12.4 Å². The Balaban J connectivity index is 0. The van der Waals surface area contributed by atoms with Gasteiger partial charge in [-0.1, -0.05) is 0 Å². The summed E-state index contributed by atoms with van der Waals surface area (Å²) in [4.78, 5) is 4.18. The molecule has 0 spiro atoms. The van der Waals surface area contributed by atoms with Crippen LogP contribution < -0.4 is 16.4 Å². The molecule has 15 heavy (non-hydrogen) atoms. The molecule has 0 unspecified atom stereocenters. The highest BCUT2D eigenvalue weighted by molar-refractivity contribution is 5.96. The Morgan fingerprint density at radius 2 is 2.20 bits per heavy atom. The molecule has 0 radical (unpaired) electrons. The summed E-state index contributed by atoms with van der Waals surface area (Å²) in [7, 11) is 1.66. The number of aliphatic imine (C=N–C) groups is 1. The largest absolute Gasteiger partial charge is 0.385 e. The van der Waals surface area contributed by atoms with Gasteiger partial charge < -0.3 is 15.8 Å². The van der Waals surface area contributed by atoms with E-state index < -0.39 is 0 Å². The number of methoxy groups -OCH3 is 1. The van der Waals surface area contributed by atoms with Gasteiger partial charge in [0.25, 0.3) is 0 Å². The quantitative estimate of drug-likeness (QED) is 0.305. The Morgan fingerprint density at radius 3 is 2.67 bits per heavy atom. The third-order valence-corrected chi connectivity index (χ3v) is 1.37. The van der Waals surface area contributed by atoms with Crippen LogP contribution in [0.3, 0.4) is 0 Å². The summed E-state index contributed by atoms with van der Waals surface area (Å²) in [6.45, 7) is 4.02. The molecule has 0 heterocycles. The Kier molecular flexibility index (Phi) is 12.1. The Morgan fingerprint density at radius 1 is 1.53 bits per heavy atom. The van der Waals surface area contributed by atoms with Gasteiger partial charge in [0, 0.05) is 26.8 Å². The Hall–Kier alpha value is -1.01. The molecule has 0 aliphatic carbocycles. The fourth-order valence-corrected chi connectivity index (χ4v) is 0.834. The number of nitrogens with one attached hydrogen (secondary N) is 3. The SMILES string of the molecule is CCN/C(=N/CCCOC)NC(=N)N.Cl. The lowest BCUT2D eigenvalue weighted by Crippen LogP contribution is -2.44. The predicted octanol–water partition coefficient (Wildman–Crippen LogP) is -0.107. The topological polar surface area (TPSA) is 95.5 Å². The van der Waals surface area contributed by atoms with E-state index in [9.17, 15) is 0 Å². The molecule has 0 fully saturated rings. The average molecular weight is 238 g/mol. The van der Waals surface area contributed by atoms with E-state index in [0.29, 0.717) is 19.1 Å². The number of guanidine groups is 2. The monoisotopic (exact) mass is 237 g/mol. The van der Waals surface area contributed by atoms with Gasteiger partial charge in [-0.3, -0.25) is 15.7 Å². The van der Waals surface area contributed by atoms with Crippen molar-refractivity contribution in [2.24, 2.45) is 10.7 Å². The minimum atomic E-state index is -0.114. The first-order chi connectivity index (χ1) is 6.70. The molecule has 0 aromatic carbocycles. The molecule has 0 aliphatic rings. The van der Waals surface area contributed by atoms with Gasteiger partial charge in [-0.05, 0) is 13.3 Å². The van der Waals surface area contributed by atoms with Crippen molar-refractivity contribution in [3.63, 3.8) is 0 Å². The molecule has 0 aromatic rings. The number of ether oxygens (including phenoxy) is 1. The zero-order valence-electron chi connectivity index (χ0n) is 9.17. The molecule has 0 aromatic heterocycles. The van der Waals surface area contributed by atoms with Crippen LogP contribution in [-0.4, -0.2) is 38.7 Å². The van der Waals surface area contributed by atoms with Crippen molar-refractivity contribution in [1.29, 1.82) is 5.41 Å². The van der Waals surface area contributed by atoms with Crippen LogP contribution in [0.2, 0.25) is 0 Å². The van der Waals surface area contributed by atoms with Crippen molar-refractivity contribution >= 4 is 24.3 Å². The minimum Gasteiger partial charge on any atom is -0.385 e. The molecule has 90 valence electrons. The number of rotatable bonds is 5. The second-order valence-corrected chi connectivity index (χ2v) is 2.65. The van der Waals surface area contributed by atoms with E-state index in [0.717, 1.165) is 13.0 Å². The van der Waals surface area contributed by atoms with Crippen LogP contribution in [0.4, 0.5) is 0 Å². The first-order valence-corrected chi connectivity index (χ1v) is 4.59. The van der Waals surface area contributed by atoms with Gasteiger partial charge in [0.1, 0.15) is 0 Å². The van der Waals surface area contributed by atoms with Gasteiger partial charge in [0.2, 0.25) is 0 Å². The summed E-state index contributed by atoms with van der Waals surface area (Å²) in [6, 6.07) is 0. The summed E-state index contributed by atoms with van der Waals surface area (Å²) in [5.41, 5.74) is 5.18. The highest BCUT2D eigenvalue weighted by Gasteiger charge is 1.96. The van der Waals surface area contributed by atoms with Crippen LogP contribution in [0.15, 0.2) is 4.99 Å². The minimum absolute atomic E-state index is 0. The summed E-state index contributed by atoms with van der Waals surface area (Å²) in [5.74, 6) is 0.424. The zero-order chi connectivity index (χ0) is 10.8. The lowest BCUT2D eigenvalue weighted by atomic mass is 10.5. The van der Waals surface area contributed by atoms with E-state index in [1.807, 2.05) is 6.92 Å². The van der Waals surface area contributed by atoms with Crippen molar-refractivity contribution in [1.82, 2.24) is 10.6 Å². The zero-order valence-corrected chi connectivity index (χ0v) is 9.99. The number of nitrogens with zero attached hydrogens (tertiary/aromatic N) is 1. The van der Waals surface area contributed by atoms with Crippen LogP contribution in [0.5, 0.6) is 0 Å². The lowest BCUT2D eigenvalue weighted by Gasteiger charge is -2.08. The van der Waals surface area contributed by atoms with Crippen molar-refractivity contribution in [3.8, 4) is 0 Å². The van der Waals surface area contributed by atoms with Crippen LogP contribution in [0.25, 0.3) is 0 Å². The van der Waals surface area contributed by atoms with Gasteiger partial charge in [-0.25, -0.2) is 0 Å².